The Labute approximate surface area is 140 Å². The van der Waals surface area contributed by atoms with Gasteiger partial charge in [-0.05, 0) is 36.1 Å². The largest absolute Gasteiger partial charge is 0.491 e. The van der Waals surface area contributed by atoms with Gasteiger partial charge in [0.2, 0.25) is 0 Å². The van der Waals surface area contributed by atoms with Gasteiger partial charge in [0.15, 0.2) is 0 Å². The minimum atomic E-state index is -0.176. The van der Waals surface area contributed by atoms with Gasteiger partial charge < -0.3 is 15.4 Å². The van der Waals surface area contributed by atoms with Gasteiger partial charge in [-0.3, -0.25) is 0 Å². The number of benzene rings is 2. The van der Waals surface area contributed by atoms with Crippen LogP contribution in [0.5, 0.6) is 5.75 Å². The molecule has 0 fully saturated rings. The molecule has 2 aromatic carbocycles. The highest BCUT2D eigenvalue weighted by Crippen LogP contribution is 2.23. The van der Waals surface area contributed by atoms with E-state index < -0.39 is 0 Å². The molecule has 0 saturated carbocycles. The zero-order valence-corrected chi connectivity index (χ0v) is 13.5. The van der Waals surface area contributed by atoms with Crippen LogP contribution < -0.4 is 15.4 Å². The summed E-state index contributed by atoms with van der Waals surface area (Å²) in [7, 11) is 0. The van der Waals surface area contributed by atoms with Crippen LogP contribution in [0.15, 0.2) is 48.5 Å². The number of hydrogen-bond acceptors (Lipinski definition) is 2. The van der Waals surface area contributed by atoms with E-state index in [1.165, 1.54) is 0 Å². The van der Waals surface area contributed by atoms with E-state index in [4.69, 9.17) is 16.3 Å². The lowest BCUT2D eigenvalue weighted by Gasteiger charge is -2.26. The quantitative estimate of drug-likeness (QED) is 0.904. The van der Waals surface area contributed by atoms with E-state index >= 15 is 0 Å². The first-order chi connectivity index (χ1) is 11.2. The molecule has 5 heteroatoms. The number of fused-ring (bicyclic) bond motifs is 1. The molecule has 3 rings (SSSR count). The Morgan fingerprint density at radius 1 is 1.17 bits per heavy atom. The smallest absolute Gasteiger partial charge is 0.315 e. The predicted octanol–water partition coefficient (Wildman–Crippen LogP) is 3.19. The Morgan fingerprint density at radius 2 is 1.96 bits per heavy atom. The third-order valence-electron chi connectivity index (χ3n) is 3.85. The number of rotatable bonds is 4. The minimum absolute atomic E-state index is 0.00906. The highest BCUT2D eigenvalue weighted by Gasteiger charge is 2.20. The third kappa shape index (κ3) is 4.17. The molecule has 0 aliphatic carbocycles. The highest BCUT2D eigenvalue weighted by atomic mass is 35.5. The maximum atomic E-state index is 12.0. The molecule has 0 bridgehead atoms. The second-order valence-electron chi connectivity index (χ2n) is 5.56. The van der Waals surface area contributed by atoms with E-state index in [-0.39, 0.29) is 12.1 Å². The van der Waals surface area contributed by atoms with Crippen LogP contribution in [-0.2, 0) is 12.8 Å². The molecule has 1 atom stereocenters. The molecule has 2 amide bonds. The van der Waals surface area contributed by atoms with Crippen molar-refractivity contribution in [2.45, 2.75) is 18.9 Å². The molecular weight excluding hydrogens is 312 g/mol. The molecule has 1 aliphatic heterocycles. The van der Waals surface area contributed by atoms with Gasteiger partial charge in [-0.15, -0.1) is 0 Å². The Bertz CT molecular complexity index is 690. The van der Waals surface area contributed by atoms with Crippen molar-refractivity contribution in [1.82, 2.24) is 10.6 Å². The normalized spacial score (nSPS) is 16.1. The molecule has 0 radical (unpaired) electrons. The number of ether oxygens (including phenoxy) is 1. The fourth-order valence-electron chi connectivity index (χ4n) is 2.67. The number of urea groups is 1. The zero-order valence-electron chi connectivity index (χ0n) is 12.7. The summed E-state index contributed by atoms with van der Waals surface area (Å²) in [5.41, 5.74) is 2.16. The van der Waals surface area contributed by atoms with E-state index in [2.05, 4.69) is 10.6 Å². The summed E-state index contributed by atoms with van der Waals surface area (Å²) >= 11 is 6.10. The molecule has 4 nitrogen and oxygen atoms in total. The number of hydrogen-bond donors (Lipinski definition) is 2. The van der Waals surface area contributed by atoms with Gasteiger partial charge in [-0.1, -0.05) is 48.0 Å². The fourth-order valence-corrected chi connectivity index (χ4v) is 2.90. The lowest BCUT2D eigenvalue weighted by Crippen LogP contribution is -2.47. The van der Waals surface area contributed by atoms with Crippen molar-refractivity contribution in [3.63, 3.8) is 0 Å². The molecular formula is C18H19ClN2O2. The fraction of sp³-hybridized carbons (Fsp3) is 0.278. The van der Waals surface area contributed by atoms with Crippen molar-refractivity contribution in [3.05, 3.63) is 64.7 Å². The van der Waals surface area contributed by atoms with Gasteiger partial charge in [-0.2, -0.15) is 0 Å². The lowest BCUT2D eigenvalue weighted by molar-refractivity contribution is 0.214. The topological polar surface area (TPSA) is 50.4 Å². The number of carbonyl (C=O) groups is 1. The molecule has 1 aliphatic rings. The Morgan fingerprint density at radius 3 is 2.83 bits per heavy atom. The first-order valence-electron chi connectivity index (χ1n) is 7.71. The average Bonchev–Trinajstić information content (AvgIpc) is 2.56. The van der Waals surface area contributed by atoms with E-state index in [0.717, 1.165) is 28.3 Å². The summed E-state index contributed by atoms with van der Waals surface area (Å²) in [6, 6.07) is 15.4. The predicted molar refractivity (Wildman–Crippen MR) is 91.1 cm³/mol. The molecule has 120 valence electrons. The standard InChI is InChI=1S/C18H19ClN2O2/c19-16-7-3-1-5-13(16)9-10-20-18(22)21-15-11-14-6-2-4-8-17(14)23-12-15/h1-8,15H,9-12H2,(H2,20,21,22)/t15-/m1/s1. The Hall–Kier alpha value is -2.20. The van der Waals surface area contributed by atoms with Crippen molar-refractivity contribution < 1.29 is 9.53 Å². The minimum Gasteiger partial charge on any atom is -0.491 e. The zero-order chi connectivity index (χ0) is 16.1. The molecule has 23 heavy (non-hydrogen) atoms. The number of nitrogens with one attached hydrogen (secondary N) is 2. The van der Waals surface area contributed by atoms with Crippen molar-refractivity contribution in [3.8, 4) is 5.75 Å². The molecule has 0 aromatic heterocycles. The first-order valence-corrected chi connectivity index (χ1v) is 8.08. The summed E-state index contributed by atoms with van der Waals surface area (Å²) in [6.45, 7) is 1.04. The maximum absolute atomic E-state index is 12.0. The van der Waals surface area contributed by atoms with Crippen LogP contribution in [-0.4, -0.2) is 25.2 Å². The molecule has 0 unspecified atom stereocenters. The second kappa shape index (κ2) is 7.38. The maximum Gasteiger partial charge on any atom is 0.315 e. The highest BCUT2D eigenvalue weighted by molar-refractivity contribution is 6.31. The second-order valence-corrected chi connectivity index (χ2v) is 5.97. The number of halogens is 1. The summed E-state index contributed by atoms with van der Waals surface area (Å²) < 4.78 is 5.67. The van der Waals surface area contributed by atoms with Gasteiger partial charge in [-0.25, -0.2) is 4.79 Å². The monoisotopic (exact) mass is 330 g/mol. The summed E-state index contributed by atoms with van der Waals surface area (Å²) in [5, 5.41) is 6.55. The van der Waals surface area contributed by atoms with E-state index in [1.54, 1.807) is 0 Å². The van der Waals surface area contributed by atoms with Crippen LogP contribution >= 0.6 is 11.6 Å². The Kier molecular flexibility index (Phi) is 5.03. The van der Waals surface area contributed by atoms with Crippen LogP contribution in [0, 0.1) is 0 Å². The molecule has 2 aromatic rings. The van der Waals surface area contributed by atoms with Crippen molar-refractivity contribution in [1.29, 1.82) is 0 Å². The van der Waals surface area contributed by atoms with Crippen molar-refractivity contribution in [2.75, 3.05) is 13.2 Å². The molecule has 0 saturated heterocycles. The third-order valence-corrected chi connectivity index (χ3v) is 4.22. The van der Waals surface area contributed by atoms with E-state index in [0.29, 0.717) is 19.6 Å². The summed E-state index contributed by atoms with van der Waals surface area (Å²) in [6.07, 6.45) is 1.49. The van der Waals surface area contributed by atoms with Gasteiger partial charge in [0.25, 0.3) is 0 Å². The number of para-hydroxylation sites is 1. The van der Waals surface area contributed by atoms with Crippen molar-refractivity contribution in [2.24, 2.45) is 0 Å². The molecule has 1 heterocycles. The molecule has 0 spiro atoms. The van der Waals surface area contributed by atoms with Gasteiger partial charge >= 0.3 is 6.03 Å². The first kappa shape index (κ1) is 15.7. The van der Waals surface area contributed by atoms with Gasteiger partial charge in [0.05, 0.1) is 6.04 Å². The molecule has 2 N–H and O–H groups in total. The summed E-state index contributed by atoms with van der Waals surface area (Å²) in [4.78, 5) is 12.0. The number of amides is 2. The van der Waals surface area contributed by atoms with Crippen molar-refractivity contribution >= 4 is 17.6 Å². The average molecular weight is 331 g/mol. The Balaban J connectivity index is 1.44. The van der Waals surface area contributed by atoms with Gasteiger partial charge in [0.1, 0.15) is 12.4 Å². The van der Waals surface area contributed by atoms with E-state index in [9.17, 15) is 4.79 Å². The lowest BCUT2D eigenvalue weighted by atomic mass is 10.0. The SMILES string of the molecule is O=C(NCCc1ccccc1Cl)N[C@H]1COc2ccccc2C1. The van der Waals surface area contributed by atoms with E-state index in [1.807, 2.05) is 48.5 Å². The van der Waals surface area contributed by atoms with Gasteiger partial charge in [0, 0.05) is 11.6 Å². The van der Waals surface area contributed by atoms with Crippen LogP contribution in [0.3, 0.4) is 0 Å². The summed E-state index contributed by atoms with van der Waals surface area (Å²) in [5.74, 6) is 0.907. The van der Waals surface area contributed by atoms with Crippen LogP contribution in [0.25, 0.3) is 0 Å². The number of carbonyl (C=O) groups excluding carboxylic acids is 1. The van der Waals surface area contributed by atoms with Crippen LogP contribution in [0.2, 0.25) is 5.02 Å². The van der Waals surface area contributed by atoms with Crippen LogP contribution in [0.4, 0.5) is 4.79 Å². The van der Waals surface area contributed by atoms with Crippen LogP contribution in [0.1, 0.15) is 11.1 Å².